The molecule has 1 atom stereocenters. The fraction of sp³-hybridized carbons (Fsp3) is 0.364. The number of halogens is 1. The molecule has 0 radical (unpaired) electrons. The Kier molecular flexibility index (Phi) is 2.53. The van der Waals surface area contributed by atoms with Crippen molar-refractivity contribution in [3.8, 4) is 0 Å². The van der Waals surface area contributed by atoms with E-state index in [1.54, 1.807) is 12.1 Å². The lowest BCUT2D eigenvalue weighted by atomic mass is 10.1. The molecule has 0 aliphatic carbocycles. The topological polar surface area (TPSA) is 86.2 Å². The molecular weight excluding hydrogens is 276 g/mol. The molecule has 1 aromatic carbocycles. The van der Waals surface area contributed by atoms with Crippen molar-refractivity contribution in [1.82, 2.24) is 4.98 Å². The average molecular weight is 287 g/mol. The van der Waals surface area contributed by atoms with Gasteiger partial charge in [0.1, 0.15) is 5.52 Å². The normalized spacial score (nSPS) is 22.6. The van der Waals surface area contributed by atoms with Crippen LogP contribution in [0.3, 0.4) is 0 Å². The van der Waals surface area contributed by atoms with E-state index < -0.39 is 9.84 Å². The number of nitrogens with zero attached hydrogens (tertiary/aromatic N) is 1. The fourth-order valence-corrected chi connectivity index (χ4v) is 4.04. The third-order valence-corrected chi connectivity index (χ3v) is 5.20. The largest absolute Gasteiger partial charge is 0.440 e. The number of sulfone groups is 1. The van der Waals surface area contributed by atoms with Gasteiger partial charge in [0.05, 0.1) is 28.1 Å². The van der Waals surface area contributed by atoms with Crippen LogP contribution in [0.25, 0.3) is 11.1 Å². The zero-order chi connectivity index (χ0) is 12.9. The van der Waals surface area contributed by atoms with Gasteiger partial charge in [0.25, 0.3) is 0 Å². The average Bonchev–Trinajstić information content (AvgIpc) is 2.82. The number of nitrogen functional groups attached to an aromatic ring is 1. The molecule has 1 unspecified atom stereocenters. The van der Waals surface area contributed by atoms with E-state index in [1.807, 2.05) is 0 Å². The molecule has 3 rings (SSSR count). The second-order valence-electron chi connectivity index (χ2n) is 4.49. The van der Waals surface area contributed by atoms with Gasteiger partial charge in [0.2, 0.25) is 0 Å². The van der Waals surface area contributed by atoms with E-state index in [2.05, 4.69) is 4.98 Å². The SMILES string of the molecule is Nc1cc2oc(C3CCS(=O)(=O)C3)nc2cc1Cl. The van der Waals surface area contributed by atoms with E-state index in [-0.39, 0.29) is 17.4 Å². The first-order valence-corrected chi connectivity index (χ1v) is 7.70. The van der Waals surface area contributed by atoms with Gasteiger partial charge in [0, 0.05) is 6.07 Å². The lowest BCUT2D eigenvalue weighted by Gasteiger charge is -1.99. The quantitative estimate of drug-likeness (QED) is 0.810. The maximum Gasteiger partial charge on any atom is 0.199 e. The summed E-state index contributed by atoms with van der Waals surface area (Å²) in [5.41, 5.74) is 7.24. The van der Waals surface area contributed by atoms with Gasteiger partial charge >= 0.3 is 0 Å². The predicted octanol–water partition coefficient (Wildman–Crippen LogP) is 1.97. The summed E-state index contributed by atoms with van der Waals surface area (Å²) in [6, 6.07) is 3.24. The molecule has 0 saturated carbocycles. The van der Waals surface area contributed by atoms with Crippen LogP contribution >= 0.6 is 11.6 Å². The highest BCUT2D eigenvalue weighted by Gasteiger charge is 2.32. The van der Waals surface area contributed by atoms with Crippen molar-refractivity contribution in [2.24, 2.45) is 0 Å². The minimum Gasteiger partial charge on any atom is -0.440 e. The monoisotopic (exact) mass is 286 g/mol. The van der Waals surface area contributed by atoms with Gasteiger partial charge in [-0.3, -0.25) is 0 Å². The van der Waals surface area contributed by atoms with Crippen LogP contribution in [-0.2, 0) is 9.84 Å². The number of fused-ring (bicyclic) bond motifs is 1. The molecule has 1 fully saturated rings. The van der Waals surface area contributed by atoms with E-state index >= 15 is 0 Å². The van der Waals surface area contributed by atoms with Gasteiger partial charge < -0.3 is 10.2 Å². The predicted molar refractivity (Wildman–Crippen MR) is 69.4 cm³/mol. The van der Waals surface area contributed by atoms with Crippen LogP contribution in [0.2, 0.25) is 5.02 Å². The first-order valence-electron chi connectivity index (χ1n) is 5.50. The molecule has 96 valence electrons. The smallest absolute Gasteiger partial charge is 0.199 e. The minimum atomic E-state index is -2.95. The molecule has 1 saturated heterocycles. The number of oxazole rings is 1. The number of anilines is 1. The fourth-order valence-electron chi connectivity index (χ4n) is 2.15. The van der Waals surface area contributed by atoms with Crippen LogP contribution in [0.1, 0.15) is 18.2 Å². The third-order valence-electron chi connectivity index (χ3n) is 3.11. The summed E-state index contributed by atoms with van der Waals surface area (Å²) in [5, 5.41) is 0.418. The lowest BCUT2D eigenvalue weighted by Crippen LogP contribution is -2.03. The molecule has 2 heterocycles. The standard InChI is InChI=1S/C11H11ClN2O3S/c12-7-3-9-10(4-8(7)13)17-11(14-9)6-1-2-18(15,16)5-6/h3-4,6H,1-2,5,13H2. The van der Waals surface area contributed by atoms with Crippen molar-refractivity contribution in [3.05, 3.63) is 23.0 Å². The Balaban J connectivity index is 2.04. The van der Waals surface area contributed by atoms with Crippen LogP contribution in [-0.4, -0.2) is 24.9 Å². The van der Waals surface area contributed by atoms with Crippen LogP contribution in [0.5, 0.6) is 0 Å². The summed E-state index contributed by atoms with van der Waals surface area (Å²) in [6.45, 7) is 0. The molecule has 1 aliphatic heterocycles. The maximum atomic E-state index is 11.4. The molecule has 7 heteroatoms. The van der Waals surface area contributed by atoms with E-state index in [9.17, 15) is 8.42 Å². The third kappa shape index (κ3) is 1.95. The Labute approximate surface area is 109 Å². The first kappa shape index (κ1) is 11.8. The molecular formula is C11H11ClN2O3S. The summed E-state index contributed by atoms with van der Waals surface area (Å²) < 4.78 is 28.4. The summed E-state index contributed by atoms with van der Waals surface area (Å²) in [4.78, 5) is 4.29. The summed E-state index contributed by atoms with van der Waals surface area (Å²) in [5.74, 6) is 0.581. The van der Waals surface area contributed by atoms with Gasteiger partial charge in [-0.25, -0.2) is 13.4 Å². The summed E-state index contributed by atoms with van der Waals surface area (Å²) >= 11 is 5.90. The second-order valence-corrected chi connectivity index (χ2v) is 7.13. The Morgan fingerprint density at radius 2 is 2.22 bits per heavy atom. The van der Waals surface area contributed by atoms with Crippen molar-refractivity contribution >= 4 is 38.2 Å². The van der Waals surface area contributed by atoms with Crippen molar-refractivity contribution < 1.29 is 12.8 Å². The molecule has 2 N–H and O–H groups in total. The highest BCUT2D eigenvalue weighted by Crippen LogP contribution is 2.32. The number of aromatic nitrogens is 1. The van der Waals surface area contributed by atoms with E-state index in [0.29, 0.717) is 34.1 Å². The molecule has 0 amide bonds. The first-order chi connectivity index (χ1) is 8.44. The van der Waals surface area contributed by atoms with Crippen LogP contribution in [0.15, 0.2) is 16.5 Å². The van der Waals surface area contributed by atoms with Gasteiger partial charge in [0.15, 0.2) is 21.3 Å². The summed E-state index contributed by atoms with van der Waals surface area (Å²) in [6.07, 6.45) is 0.554. The van der Waals surface area contributed by atoms with E-state index in [1.165, 1.54) is 0 Å². The van der Waals surface area contributed by atoms with Crippen molar-refractivity contribution in [2.45, 2.75) is 12.3 Å². The van der Waals surface area contributed by atoms with Gasteiger partial charge in [-0.05, 0) is 12.5 Å². The molecule has 0 bridgehead atoms. The van der Waals surface area contributed by atoms with Gasteiger partial charge in [-0.1, -0.05) is 11.6 Å². The van der Waals surface area contributed by atoms with E-state index in [0.717, 1.165) is 0 Å². The number of hydrogen-bond acceptors (Lipinski definition) is 5. The highest BCUT2D eigenvalue weighted by atomic mass is 35.5. The lowest BCUT2D eigenvalue weighted by molar-refractivity contribution is 0.489. The van der Waals surface area contributed by atoms with Crippen molar-refractivity contribution in [2.75, 3.05) is 17.2 Å². The van der Waals surface area contributed by atoms with Crippen LogP contribution in [0, 0.1) is 0 Å². The number of rotatable bonds is 1. The second kappa shape index (κ2) is 3.86. The number of benzene rings is 1. The minimum absolute atomic E-state index is 0.100. The summed E-state index contributed by atoms with van der Waals surface area (Å²) in [7, 11) is -2.95. The Bertz CT molecular complexity index is 684. The van der Waals surface area contributed by atoms with Crippen LogP contribution in [0.4, 0.5) is 5.69 Å². The maximum absolute atomic E-state index is 11.4. The van der Waals surface area contributed by atoms with Gasteiger partial charge in [-0.15, -0.1) is 0 Å². The van der Waals surface area contributed by atoms with Crippen LogP contribution < -0.4 is 5.73 Å². The molecule has 0 spiro atoms. The Hall–Kier alpha value is -1.27. The zero-order valence-electron chi connectivity index (χ0n) is 9.39. The molecule has 18 heavy (non-hydrogen) atoms. The van der Waals surface area contributed by atoms with Crippen molar-refractivity contribution in [1.29, 1.82) is 0 Å². The highest BCUT2D eigenvalue weighted by molar-refractivity contribution is 7.91. The number of nitrogens with two attached hydrogens (primary N) is 1. The molecule has 2 aromatic rings. The van der Waals surface area contributed by atoms with E-state index in [4.69, 9.17) is 21.8 Å². The zero-order valence-corrected chi connectivity index (χ0v) is 11.0. The Morgan fingerprint density at radius 3 is 2.89 bits per heavy atom. The van der Waals surface area contributed by atoms with Crippen molar-refractivity contribution in [3.63, 3.8) is 0 Å². The number of hydrogen-bond donors (Lipinski definition) is 1. The molecule has 1 aliphatic rings. The van der Waals surface area contributed by atoms with Gasteiger partial charge in [-0.2, -0.15) is 0 Å². The molecule has 1 aromatic heterocycles. The Morgan fingerprint density at radius 1 is 1.44 bits per heavy atom. The molecule has 5 nitrogen and oxygen atoms in total.